The van der Waals surface area contributed by atoms with Gasteiger partial charge in [0.25, 0.3) is 5.91 Å². The van der Waals surface area contributed by atoms with E-state index in [-0.39, 0.29) is 5.91 Å². The third-order valence-electron chi connectivity index (χ3n) is 3.81. The van der Waals surface area contributed by atoms with Crippen molar-refractivity contribution in [1.82, 2.24) is 15.1 Å². The van der Waals surface area contributed by atoms with Gasteiger partial charge in [0.1, 0.15) is 4.83 Å². The van der Waals surface area contributed by atoms with Gasteiger partial charge in [-0.1, -0.05) is 23.7 Å². The first-order valence-electron chi connectivity index (χ1n) is 7.59. The molecule has 126 valence electrons. The first kappa shape index (κ1) is 17.0. The van der Waals surface area contributed by atoms with Crippen LogP contribution in [0.2, 0.25) is 5.02 Å². The quantitative estimate of drug-likeness (QED) is 0.745. The number of nitrogens with zero attached hydrogens (tertiary/aromatic N) is 2. The maximum Gasteiger partial charge on any atom is 0.261 e. The summed E-state index contributed by atoms with van der Waals surface area (Å²) < 4.78 is 1.79. The number of carbonyl (C=O) groups is 1. The van der Waals surface area contributed by atoms with E-state index in [0.29, 0.717) is 16.4 Å². The second kappa shape index (κ2) is 6.20. The Bertz CT molecular complexity index is 913. The zero-order chi connectivity index (χ0) is 17.5. The Kier molecular flexibility index (Phi) is 4.38. The van der Waals surface area contributed by atoms with Crippen LogP contribution in [0.1, 0.15) is 29.2 Å². The number of hydrogen-bond donors (Lipinski definition) is 2. The molecule has 1 aromatic carbocycles. The lowest BCUT2D eigenvalue weighted by Crippen LogP contribution is -2.48. The number of thiophene rings is 1. The molecule has 0 aliphatic heterocycles. The molecule has 0 radical (unpaired) electrons. The molecule has 0 saturated heterocycles. The van der Waals surface area contributed by atoms with Gasteiger partial charge in [-0.3, -0.25) is 4.79 Å². The Hall–Kier alpha value is -1.89. The highest BCUT2D eigenvalue weighted by Gasteiger charge is 2.22. The van der Waals surface area contributed by atoms with E-state index in [1.54, 1.807) is 4.68 Å². The highest BCUT2D eigenvalue weighted by atomic mass is 35.5. The number of rotatable bonds is 4. The zero-order valence-corrected chi connectivity index (χ0v) is 15.3. The van der Waals surface area contributed by atoms with Crippen LogP contribution in [0.15, 0.2) is 30.3 Å². The normalized spacial score (nSPS) is 11.9. The highest BCUT2D eigenvalue weighted by Crippen LogP contribution is 2.32. The number of nitrogens with two attached hydrogens (primary N) is 1. The minimum Gasteiger partial charge on any atom is -0.345 e. The number of fused-ring (bicyclic) bond motifs is 1. The number of aromatic nitrogens is 2. The Morgan fingerprint density at radius 2 is 2.12 bits per heavy atom. The Morgan fingerprint density at radius 1 is 1.42 bits per heavy atom. The molecule has 3 rings (SSSR count). The molecule has 0 aliphatic carbocycles. The van der Waals surface area contributed by atoms with Crippen molar-refractivity contribution < 1.29 is 4.79 Å². The van der Waals surface area contributed by atoms with E-state index in [1.165, 1.54) is 11.3 Å². The molecule has 0 aliphatic rings. The van der Waals surface area contributed by atoms with E-state index in [1.807, 2.05) is 51.1 Å². The van der Waals surface area contributed by atoms with Crippen LogP contribution in [0.4, 0.5) is 0 Å². The van der Waals surface area contributed by atoms with E-state index in [2.05, 4.69) is 10.4 Å². The zero-order valence-electron chi connectivity index (χ0n) is 13.8. The van der Waals surface area contributed by atoms with E-state index < -0.39 is 5.54 Å². The molecule has 1 amide bonds. The number of amides is 1. The molecule has 0 saturated carbocycles. The number of hydrogen-bond acceptors (Lipinski definition) is 4. The van der Waals surface area contributed by atoms with Crippen LogP contribution in [0.25, 0.3) is 15.9 Å². The Morgan fingerprint density at radius 3 is 2.79 bits per heavy atom. The lowest BCUT2D eigenvalue weighted by Gasteiger charge is -2.23. The van der Waals surface area contributed by atoms with Crippen molar-refractivity contribution in [3.05, 3.63) is 45.9 Å². The molecule has 7 heteroatoms. The Balaban J connectivity index is 2.05. The fourth-order valence-corrected chi connectivity index (χ4v) is 3.65. The van der Waals surface area contributed by atoms with Gasteiger partial charge < -0.3 is 11.1 Å². The largest absolute Gasteiger partial charge is 0.345 e. The van der Waals surface area contributed by atoms with Gasteiger partial charge in [-0.2, -0.15) is 5.10 Å². The predicted octanol–water partition coefficient (Wildman–Crippen LogP) is 3.52. The molecule has 0 bridgehead atoms. The van der Waals surface area contributed by atoms with Gasteiger partial charge in [0, 0.05) is 17.5 Å². The SMILES string of the molecule is Cc1nn(-c2ccccc2Cl)c2sc(C(=O)NC(C)(C)CN)cc12. The van der Waals surface area contributed by atoms with Gasteiger partial charge in [0.15, 0.2) is 0 Å². The Labute approximate surface area is 149 Å². The molecule has 2 heterocycles. The summed E-state index contributed by atoms with van der Waals surface area (Å²) in [6.07, 6.45) is 0. The van der Waals surface area contributed by atoms with Gasteiger partial charge in [0.2, 0.25) is 0 Å². The average Bonchev–Trinajstić information content (AvgIpc) is 3.09. The van der Waals surface area contributed by atoms with Crippen molar-refractivity contribution in [2.24, 2.45) is 5.73 Å². The molecule has 0 spiro atoms. The summed E-state index contributed by atoms with van der Waals surface area (Å²) in [7, 11) is 0. The summed E-state index contributed by atoms with van der Waals surface area (Å²) in [6, 6.07) is 9.39. The van der Waals surface area contributed by atoms with Crippen LogP contribution in [0.3, 0.4) is 0 Å². The summed E-state index contributed by atoms with van der Waals surface area (Å²) in [5, 5.41) is 9.09. The predicted molar refractivity (Wildman–Crippen MR) is 99.3 cm³/mol. The molecule has 3 N–H and O–H groups in total. The number of para-hydroxylation sites is 1. The van der Waals surface area contributed by atoms with E-state index in [0.717, 1.165) is 21.6 Å². The van der Waals surface area contributed by atoms with Crippen LogP contribution in [-0.2, 0) is 0 Å². The van der Waals surface area contributed by atoms with Crippen molar-refractivity contribution in [2.75, 3.05) is 6.54 Å². The van der Waals surface area contributed by atoms with Crippen molar-refractivity contribution in [3.63, 3.8) is 0 Å². The number of benzene rings is 1. The van der Waals surface area contributed by atoms with Crippen LogP contribution < -0.4 is 11.1 Å². The lowest BCUT2D eigenvalue weighted by molar-refractivity contribution is 0.0920. The fraction of sp³-hybridized carbons (Fsp3) is 0.294. The molecule has 0 atom stereocenters. The van der Waals surface area contributed by atoms with E-state index in [9.17, 15) is 4.79 Å². The number of nitrogens with one attached hydrogen (secondary N) is 1. The molecule has 5 nitrogen and oxygen atoms in total. The standard InChI is InChI=1S/C17H19ClN4OS/c1-10-11-8-14(15(23)20-17(2,3)9-19)24-16(11)22(21-10)13-7-5-4-6-12(13)18/h4-8H,9,19H2,1-3H3,(H,20,23). The topological polar surface area (TPSA) is 72.9 Å². The maximum absolute atomic E-state index is 12.5. The summed E-state index contributed by atoms with van der Waals surface area (Å²) in [5.74, 6) is -0.128. The smallest absolute Gasteiger partial charge is 0.261 e. The maximum atomic E-state index is 12.5. The van der Waals surface area contributed by atoms with Gasteiger partial charge in [0.05, 0.1) is 21.3 Å². The second-order valence-corrected chi connectivity index (χ2v) is 7.76. The minimum absolute atomic E-state index is 0.128. The summed E-state index contributed by atoms with van der Waals surface area (Å²) in [6.45, 7) is 6.09. The van der Waals surface area contributed by atoms with Crippen LogP contribution in [0.5, 0.6) is 0 Å². The summed E-state index contributed by atoms with van der Waals surface area (Å²) >= 11 is 7.69. The molecule has 24 heavy (non-hydrogen) atoms. The van der Waals surface area contributed by atoms with Crippen molar-refractivity contribution in [3.8, 4) is 5.69 Å². The minimum atomic E-state index is -0.447. The van der Waals surface area contributed by atoms with Gasteiger partial charge in [-0.05, 0) is 39.0 Å². The third kappa shape index (κ3) is 3.05. The van der Waals surface area contributed by atoms with Crippen LogP contribution in [0, 0.1) is 6.92 Å². The first-order valence-corrected chi connectivity index (χ1v) is 8.78. The lowest BCUT2D eigenvalue weighted by atomic mass is 10.1. The van der Waals surface area contributed by atoms with Crippen molar-refractivity contribution in [2.45, 2.75) is 26.3 Å². The van der Waals surface area contributed by atoms with E-state index in [4.69, 9.17) is 17.3 Å². The number of aryl methyl sites for hydroxylation is 1. The summed E-state index contributed by atoms with van der Waals surface area (Å²) in [4.78, 5) is 14.0. The van der Waals surface area contributed by atoms with Gasteiger partial charge >= 0.3 is 0 Å². The van der Waals surface area contributed by atoms with Crippen molar-refractivity contribution in [1.29, 1.82) is 0 Å². The monoisotopic (exact) mass is 362 g/mol. The molecule has 0 fully saturated rings. The highest BCUT2D eigenvalue weighted by molar-refractivity contribution is 7.20. The van der Waals surface area contributed by atoms with Crippen LogP contribution >= 0.6 is 22.9 Å². The van der Waals surface area contributed by atoms with Gasteiger partial charge in [-0.25, -0.2) is 4.68 Å². The molecule has 2 aromatic heterocycles. The molecular formula is C17H19ClN4OS. The second-order valence-electron chi connectivity index (χ2n) is 6.32. The van der Waals surface area contributed by atoms with E-state index >= 15 is 0 Å². The molecule has 3 aromatic rings. The fourth-order valence-electron chi connectivity index (χ4n) is 2.37. The third-order valence-corrected chi connectivity index (χ3v) is 5.24. The van der Waals surface area contributed by atoms with Crippen LogP contribution in [-0.4, -0.2) is 27.8 Å². The number of halogens is 1. The molecule has 0 unspecified atom stereocenters. The first-order chi connectivity index (χ1) is 11.3. The summed E-state index contributed by atoms with van der Waals surface area (Å²) in [5.41, 5.74) is 6.90. The average molecular weight is 363 g/mol. The van der Waals surface area contributed by atoms with Crippen molar-refractivity contribution >= 4 is 39.1 Å². The van der Waals surface area contributed by atoms with Gasteiger partial charge in [-0.15, -0.1) is 11.3 Å². The molecular weight excluding hydrogens is 344 g/mol. The number of carbonyl (C=O) groups excluding carboxylic acids is 1.